The lowest BCUT2D eigenvalue weighted by Crippen LogP contribution is -2.14. The lowest BCUT2D eigenvalue weighted by molar-refractivity contribution is 0.412. The molecule has 0 aliphatic carbocycles. The summed E-state index contributed by atoms with van der Waals surface area (Å²) in [5.41, 5.74) is 0.858. The van der Waals surface area contributed by atoms with Crippen LogP contribution in [-0.4, -0.2) is 16.7 Å². The van der Waals surface area contributed by atoms with Crippen LogP contribution < -0.4 is 5.32 Å². The van der Waals surface area contributed by atoms with Crippen molar-refractivity contribution in [1.29, 1.82) is 0 Å². The van der Waals surface area contributed by atoms with Crippen LogP contribution in [0.5, 0.6) is 0 Å². The number of aromatic nitrogens is 2. The summed E-state index contributed by atoms with van der Waals surface area (Å²) >= 11 is 8.28. The Morgan fingerprint density at radius 1 is 1.44 bits per heavy atom. The second-order valence-corrected chi connectivity index (χ2v) is 5.80. The molecule has 1 aliphatic rings. The van der Waals surface area contributed by atoms with Crippen LogP contribution in [-0.2, 0) is 0 Å². The third-order valence-corrected chi connectivity index (χ3v) is 4.55. The van der Waals surface area contributed by atoms with Crippen LogP contribution in [0.25, 0.3) is 11.5 Å². The fourth-order valence-corrected chi connectivity index (χ4v) is 2.54. The first-order valence-corrected chi connectivity index (χ1v) is 7.22. The molecule has 0 amide bonds. The van der Waals surface area contributed by atoms with Crippen LogP contribution in [0.1, 0.15) is 24.7 Å². The van der Waals surface area contributed by atoms with E-state index >= 15 is 0 Å². The van der Waals surface area contributed by atoms with Gasteiger partial charge >= 0.3 is 0 Å². The van der Waals surface area contributed by atoms with Gasteiger partial charge in [-0.1, -0.05) is 16.8 Å². The van der Waals surface area contributed by atoms with Crippen molar-refractivity contribution in [3.05, 3.63) is 32.6 Å². The molecular formula is C12H11ClIN3O. The fraction of sp³-hybridized carbons (Fsp3) is 0.333. The second kappa shape index (κ2) is 5.14. The molecule has 2 heterocycles. The molecule has 0 spiro atoms. The van der Waals surface area contributed by atoms with Gasteiger partial charge in [-0.05, 0) is 60.2 Å². The number of halogens is 2. The van der Waals surface area contributed by atoms with Crippen LogP contribution in [0.15, 0.2) is 22.7 Å². The first kappa shape index (κ1) is 12.4. The summed E-state index contributed by atoms with van der Waals surface area (Å²) in [4.78, 5) is 4.43. The molecule has 1 unspecified atom stereocenters. The highest BCUT2D eigenvalue weighted by atomic mass is 127. The van der Waals surface area contributed by atoms with Gasteiger partial charge in [-0.15, -0.1) is 0 Å². The van der Waals surface area contributed by atoms with Gasteiger partial charge in [-0.3, -0.25) is 0 Å². The molecule has 0 radical (unpaired) electrons. The molecule has 1 N–H and O–H groups in total. The van der Waals surface area contributed by atoms with Crippen molar-refractivity contribution in [2.45, 2.75) is 18.9 Å². The van der Waals surface area contributed by atoms with Crippen LogP contribution in [0.3, 0.4) is 0 Å². The average molecular weight is 376 g/mol. The van der Waals surface area contributed by atoms with Gasteiger partial charge in [-0.2, -0.15) is 4.98 Å². The summed E-state index contributed by atoms with van der Waals surface area (Å²) in [6, 6.07) is 5.95. The third kappa shape index (κ3) is 2.39. The maximum absolute atomic E-state index is 6.09. The zero-order valence-electron chi connectivity index (χ0n) is 9.49. The molecule has 0 saturated carbocycles. The van der Waals surface area contributed by atoms with Gasteiger partial charge < -0.3 is 9.84 Å². The summed E-state index contributed by atoms with van der Waals surface area (Å²) in [7, 11) is 0. The number of nitrogens with zero attached hydrogens (tertiary/aromatic N) is 2. The molecule has 1 saturated heterocycles. The number of hydrogen-bond acceptors (Lipinski definition) is 4. The number of hydrogen-bond donors (Lipinski definition) is 1. The Labute approximate surface area is 123 Å². The molecule has 4 nitrogen and oxygen atoms in total. The van der Waals surface area contributed by atoms with Crippen LogP contribution >= 0.6 is 34.2 Å². The summed E-state index contributed by atoms with van der Waals surface area (Å²) < 4.78 is 6.31. The van der Waals surface area contributed by atoms with E-state index in [0.717, 1.165) is 34.3 Å². The van der Waals surface area contributed by atoms with Gasteiger partial charge in [0.1, 0.15) is 0 Å². The molecule has 6 heteroatoms. The fourth-order valence-electron chi connectivity index (χ4n) is 2.03. The van der Waals surface area contributed by atoms with Crippen molar-refractivity contribution >= 4 is 34.2 Å². The van der Waals surface area contributed by atoms with E-state index in [-0.39, 0.29) is 6.04 Å². The van der Waals surface area contributed by atoms with E-state index in [1.807, 2.05) is 18.2 Å². The number of nitrogens with one attached hydrogen (secondary N) is 1. The Bertz CT molecular complexity index is 566. The average Bonchev–Trinajstić information content (AvgIpc) is 3.01. The lowest BCUT2D eigenvalue weighted by Gasteiger charge is -2.01. The Hall–Kier alpha value is -0.660. The van der Waals surface area contributed by atoms with E-state index in [2.05, 4.69) is 38.0 Å². The molecule has 1 aromatic carbocycles. The molecule has 1 aromatic heterocycles. The number of rotatable bonds is 2. The monoisotopic (exact) mass is 375 g/mol. The van der Waals surface area contributed by atoms with Crippen LogP contribution in [0, 0.1) is 3.57 Å². The molecule has 1 aliphatic heterocycles. The van der Waals surface area contributed by atoms with E-state index in [4.69, 9.17) is 16.1 Å². The normalized spacial score (nSPS) is 19.3. The summed E-state index contributed by atoms with van der Waals surface area (Å²) in [6.45, 7) is 1.02. The minimum atomic E-state index is 0.224. The molecule has 2 aromatic rings. The topological polar surface area (TPSA) is 51.0 Å². The van der Waals surface area contributed by atoms with Gasteiger partial charge in [-0.25, -0.2) is 0 Å². The van der Waals surface area contributed by atoms with Crippen molar-refractivity contribution in [2.24, 2.45) is 0 Å². The van der Waals surface area contributed by atoms with Crippen LogP contribution in [0.2, 0.25) is 5.02 Å². The minimum absolute atomic E-state index is 0.224. The van der Waals surface area contributed by atoms with Crippen molar-refractivity contribution in [2.75, 3.05) is 6.54 Å². The van der Waals surface area contributed by atoms with Gasteiger partial charge in [0.25, 0.3) is 5.89 Å². The highest BCUT2D eigenvalue weighted by Gasteiger charge is 2.22. The first-order chi connectivity index (χ1) is 8.74. The summed E-state index contributed by atoms with van der Waals surface area (Å²) in [5, 5.41) is 8.08. The van der Waals surface area contributed by atoms with E-state index in [1.165, 1.54) is 0 Å². The van der Waals surface area contributed by atoms with Crippen LogP contribution in [0.4, 0.5) is 0 Å². The molecule has 1 atom stereocenters. The number of benzene rings is 1. The predicted molar refractivity (Wildman–Crippen MR) is 77.4 cm³/mol. The molecule has 18 heavy (non-hydrogen) atoms. The first-order valence-electron chi connectivity index (χ1n) is 5.76. The van der Waals surface area contributed by atoms with Gasteiger partial charge in [0.15, 0.2) is 5.82 Å². The zero-order valence-corrected chi connectivity index (χ0v) is 12.4. The van der Waals surface area contributed by atoms with Gasteiger partial charge in [0.2, 0.25) is 0 Å². The molecular weight excluding hydrogens is 365 g/mol. The minimum Gasteiger partial charge on any atom is -0.334 e. The van der Waals surface area contributed by atoms with Crippen molar-refractivity contribution in [3.63, 3.8) is 0 Å². The Morgan fingerprint density at radius 3 is 3.06 bits per heavy atom. The Morgan fingerprint density at radius 2 is 2.33 bits per heavy atom. The molecule has 1 fully saturated rings. The van der Waals surface area contributed by atoms with Gasteiger partial charge in [0.05, 0.1) is 11.1 Å². The molecule has 0 bridgehead atoms. The van der Waals surface area contributed by atoms with E-state index in [0.29, 0.717) is 10.9 Å². The maximum Gasteiger partial charge on any atom is 0.258 e. The Balaban J connectivity index is 1.89. The third-order valence-electron chi connectivity index (χ3n) is 2.98. The van der Waals surface area contributed by atoms with Gasteiger partial charge in [0, 0.05) is 9.13 Å². The summed E-state index contributed by atoms with van der Waals surface area (Å²) in [6.07, 6.45) is 2.22. The standard InChI is InChI=1S/C12H11ClIN3O/c13-8-6-7(3-4-9(8)14)12-16-11(17-18-12)10-2-1-5-15-10/h3-4,6,10,15H,1-2,5H2. The predicted octanol–water partition coefficient (Wildman–Crippen LogP) is 3.42. The Kier molecular flexibility index (Phi) is 3.54. The van der Waals surface area contributed by atoms with E-state index in [9.17, 15) is 0 Å². The van der Waals surface area contributed by atoms with E-state index < -0.39 is 0 Å². The second-order valence-electron chi connectivity index (χ2n) is 4.24. The maximum atomic E-state index is 6.09. The zero-order chi connectivity index (χ0) is 12.5. The molecule has 3 rings (SSSR count). The molecule has 94 valence electrons. The quantitative estimate of drug-likeness (QED) is 0.817. The SMILES string of the molecule is Clc1cc(-c2nc(C3CCCN3)no2)ccc1I. The van der Waals surface area contributed by atoms with Crippen molar-refractivity contribution < 1.29 is 4.52 Å². The highest BCUT2D eigenvalue weighted by molar-refractivity contribution is 14.1. The van der Waals surface area contributed by atoms with E-state index in [1.54, 1.807) is 0 Å². The van der Waals surface area contributed by atoms with Crippen molar-refractivity contribution in [1.82, 2.24) is 15.5 Å². The summed E-state index contributed by atoms with van der Waals surface area (Å²) in [5.74, 6) is 1.26. The lowest BCUT2D eigenvalue weighted by atomic mass is 10.2. The van der Waals surface area contributed by atoms with Crippen molar-refractivity contribution in [3.8, 4) is 11.5 Å². The highest BCUT2D eigenvalue weighted by Crippen LogP contribution is 2.27. The largest absolute Gasteiger partial charge is 0.334 e. The smallest absolute Gasteiger partial charge is 0.258 e.